The molecule has 0 aliphatic carbocycles. The first-order valence-electron chi connectivity index (χ1n) is 5.59. The minimum Gasteiger partial charge on any atom is -0.481 e. The Morgan fingerprint density at radius 3 is 1.94 bits per heavy atom. The fraction of sp³-hybridized carbons (Fsp3) is 0.700. The number of urea groups is 1. The minimum atomic E-state index is -1.17. The number of hydrogen-bond donors (Lipinski definition) is 4. The third-order valence-corrected chi connectivity index (χ3v) is 2.40. The zero-order chi connectivity index (χ0) is 14.1. The van der Waals surface area contributed by atoms with Crippen LogP contribution in [0.4, 0.5) is 4.79 Å². The van der Waals surface area contributed by atoms with Gasteiger partial charge in [-0.05, 0) is 19.3 Å². The standard InChI is InChI=1S/C5H10N2O.C5H9NO4/c6-5(8)7-3-1-2-4-7;6-3(5(9)10)1-2-4(7)8/h1-4H2,(H2,6,8);3H,1-2,6H2,(H,7,8)(H,9,10)/t;3-/m.0/s1. The van der Waals surface area contributed by atoms with Crippen LogP contribution < -0.4 is 11.5 Å². The van der Waals surface area contributed by atoms with E-state index < -0.39 is 18.0 Å². The third-order valence-electron chi connectivity index (χ3n) is 2.40. The van der Waals surface area contributed by atoms with Crippen molar-refractivity contribution >= 4 is 18.0 Å². The van der Waals surface area contributed by atoms with E-state index in [-0.39, 0.29) is 18.9 Å². The molecule has 8 nitrogen and oxygen atoms in total. The largest absolute Gasteiger partial charge is 0.481 e. The molecular formula is C10H19N3O5. The number of nitrogens with two attached hydrogens (primary N) is 2. The summed E-state index contributed by atoms with van der Waals surface area (Å²) in [5.41, 5.74) is 9.99. The van der Waals surface area contributed by atoms with E-state index in [1.807, 2.05) is 0 Å². The van der Waals surface area contributed by atoms with Crippen molar-refractivity contribution in [3.63, 3.8) is 0 Å². The Hall–Kier alpha value is -1.83. The number of nitrogens with zero attached hydrogens (tertiary/aromatic N) is 1. The van der Waals surface area contributed by atoms with Crippen LogP contribution in [0.1, 0.15) is 25.7 Å². The quantitative estimate of drug-likeness (QED) is 0.532. The second-order valence-corrected chi connectivity index (χ2v) is 3.91. The van der Waals surface area contributed by atoms with Gasteiger partial charge in [-0.1, -0.05) is 0 Å². The van der Waals surface area contributed by atoms with E-state index in [4.69, 9.17) is 21.7 Å². The topological polar surface area (TPSA) is 147 Å². The predicted molar refractivity (Wildman–Crippen MR) is 62.9 cm³/mol. The molecule has 0 radical (unpaired) electrons. The van der Waals surface area contributed by atoms with Gasteiger partial charge in [-0.25, -0.2) is 4.79 Å². The summed E-state index contributed by atoms with van der Waals surface area (Å²) in [6, 6.07) is -1.33. The van der Waals surface area contributed by atoms with Crippen molar-refractivity contribution in [2.75, 3.05) is 13.1 Å². The fourth-order valence-corrected chi connectivity index (χ4v) is 1.34. The molecule has 1 rings (SSSR count). The second-order valence-electron chi connectivity index (χ2n) is 3.91. The molecule has 6 N–H and O–H groups in total. The molecule has 8 heteroatoms. The predicted octanol–water partition coefficient (Wildman–Crippen LogP) is -0.576. The average molecular weight is 261 g/mol. The molecule has 0 bridgehead atoms. The lowest BCUT2D eigenvalue weighted by Gasteiger charge is -2.09. The Morgan fingerprint density at radius 1 is 1.17 bits per heavy atom. The summed E-state index contributed by atoms with van der Waals surface area (Å²) in [6.45, 7) is 1.71. The van der Waals surface area contributed by atoms with Gasteiger partial charge < -0.3 is 26.6 Å². The number of hydrogen-bond acceptors (Lipinski definition) is 4. The van der Waals surface area contributed by atoms with Gasteiger partial charge in [0.1, 0.15) is 6.04 Å². The molecule has 0 unspecified atom stereocenters. The van der Waals surface area contributed by atoms with Gasteiger partial charge in [0.05, 0.1) is 0 Å². The fourth-order valence-electron chi connectivity index (χ4n) is 1.34. The van der Waals surface area contributed by atoms with Crippen molar-refractivity contribution in [1.29, 1.82) is 0 Å². The zero-order valence-corrected chi connectivity index (χ0v) is 10.0. The second kappa shape index (κ2) is 8.29. The molecule has 1 atom stereocenters. The molecule has 0 aromatic heterocycles. The lowest BCUT2D eigenvalue weighted by molar-refractivity contribution is -0.139. The monoisotopic (exact) mass is 261 g/mol. The normalized spacial score (nSPS) is 15.5. The summed E-state index contributed by atoms with van der Waals surface area (Å²) in [4.78, 5) is 31.9. The van der Waals surface area contributed by atoms with Gasteiger partial charge in [-0.2, -0.15) is 0 Å². The molecule has 0 aromatic carbocycles. The lowest BCUT2D eigenvalue weighted by atomic mass is 10.2. The van der Waals surface area contributed by atoms with Crippen LogP contribution in [-0.4, -0.2) is 52.2 Å². The van der Waals surface area contributed by atoms with Gasteiger partial charge in [0.15, 0.2) is 0 Å². The number of carboxylic acid groups (broad SMARTS) is 2. The first kappa shape index (κ1) is 16.2. The van der Waals surface area contributed by atoms with Crippen LogP contribution >= 0.6 is 0 Å². The third kappa shape index (κ3) is 7.44. The average Bonchev–Trinajstić information content (AvgIpc) is 2.79. The number of rotatable bonds is 4. The SMILES string of the molecule is NC(=O)N1CCCC1.N[C@@H](CCC(=O)O)C(=O)O. The molecule has 1 aliphatic rings. The maximum Gasteiger partial charge on any atom is 0.320 e. The zero-order valence-electron chi connectivity index (χ0n) is 10.0. The van der Waals surface area contributed by atoms with E-state index in [9.17, 15) is 14.4 Å². The van der Waals surface area contributed by atoms with Crippen LogP contribution in [0.25, 0.3) is 0 Å². The Bertz CT molecular complexity index is 302. The Kier molecular flexibility index (Phi) is 7.45. The van der Waals surface area contributed by atoms with Crippen LogP contribution in [0.5, 0.6) is 0 Å². The highest BCUT2D eigenvalue weighted by atomic mass is 16.4. The van der Waals surface area contributed by atoms with E-state index in [2.05, 4.69) is 0 Å². The highest BCUT2D eigenvalue weighted by molar-refractivity contribution is 5.74. The summed E-state index contributed by atoms with van der Waals surface area (Å²) < 4.78 is 0. The van der Waals surface area contributed by atoms with Crippen molar-refractivity contribution < 1.29 is 24.6 Å². The van der Waals surface area contributed by atoms with Crippen molar-refractivity contribution in [2.45, 2.75) is 31.7 Å². The van der Waals surface area contributed by atoms with E-state index in [0.717, 1.165) is 25.9 Å². The summed E-state index contributed by atoms with van der Waals surface area (Å²) in [7, 11) is 0. The van der Waals surface area contributed by atoms with Crippen molar-refractivity contribution in [1.82, 2.24) is 4.90 Å². The molecule has 1 heterocycles. The number of primary amides is 1. The van der Waals surface area contributed by atoms with Crippen LogP contribution in [0.2, 0.25) is 0 Å². The molecule has 0 spiro atoms. The Morgan fingerprint density at radius 2 is 1.67 bits per heavy atom. The highest BCUT2D eigenvalue weighted by Gasteiger charge is 2.13. The van der Waals surface area contributed by atoms with Crippen LogP contribution in [0, 0.1) is 0 Å². The van der Waals surface area contributed by atoms with Crippen molar-refractivity contribution in [3.05, 3.63) is 0 Å². The number of amides is 2. The minimum absolute atomic E-state index is 0.0231. The van der Waals surface area contributed by atoms with Gasteiger partial charge in [0.25, 0.3) is 0 Å². The summed E-state index contributed by atoms with van der Waals surface area (Å²) in [5.74, 6) is -2.20. The number of carbonyl (C=O) groups is 3. The molecule has 0 saturated carbocycles. The number of carboxylic acids is 2. The molecule has 104 valence electrons. The molecule has 2 amide bonds. The Balaban J connectivity index is 0.000000327. The molecule has 1 saturated heterocycles. The lowest BCUT2D eigenvalue weighted by Crippen LogP contribution is -2.32. The van der Waals surface area contributed by atoms with E-state index in [1.165, 1.54) is 0 Å². The van der Waals surface area contributed by atoms with Gasteiger partial charge in [0.2, 0.25) is 0 Å². The number of likely N-dealkylation sites (tertiary alicyclic amines) is 1. The number of carbonyl (C=O) groups excluding carboxylic acids is 1. The van der Waals surface area contributed by atoms with Gasteiger partial charge in [0, 0.05) is 19.5 Å². The Labute approximate surface area is 105 Å². The maximum absolute atomic E-state index is 10.3. The molecule has 1 fully saturated rings. The van der Waals surface area contributed by atoms with E-state index in [0.29, 0.717) is 0 Å². The van der Waals surface area contributed by atoms with Crippen LogP contribution in [0.3, 0.4) is 0 Å². The molecular weight excluding hydrogens is 242 g/mol. The van der Waals surface area contributed by atoms with Crippen LogP contribution in [0.15, 0.2) is 0 Å². The smallest absolute Gasteiger partial charge is 0.320 e. The van der Waals surface area contributed by atoms with E-state index in [1.54, 1.807) is 4.90 Å². The van der Waals surface area contributed by atoms with Crippen molar-refractivity contribution in [2.24, 2.45) is 11.5 Å². The first-order valence-corrected chi connectivity index (χ1v) is 5.59. The summed E-state index contributed by atoms with van der Waals surface area (Å²) in [6.07, 6.45) is 2.00. The molecule has 0 aromatic rings. The molecule has 18 heavy (non-hydrogen) atoms. The summed E-state index contributed by atoms with van der Waals surface area (Å²) >= 11 is 0. The van der Waals surface area contributed by atoms with Gasteiger partial charge in [-0.15, -0.1) is 0 Å². The maximum atomic E-state index is 10.3. The summed E-state index contributed by atoms with van der Waals surface area (Å²) in [5, 5.41) is 16.3. The van der Waals surface area contributed by atoms with Gasteiger partial charge in [-0.3, -0.25) is 9.59 Å². The number of aliphatic carboxylic acids is 2. The van der Waals surface area contributed by atoms with E-state index >= 15 is 0 Å². The van der Waals surface area contributed by atoms with Gasteiger partial charge >= 0.3 is 18.0 Å². The highest BCUT2D eigenvalue weighted by Crippen LogP contribution is 2.05. The first-order chi connectivity index (χ1) is 8.34. The van der Waals surface area contributed by atoms with Crippen molar-refractivity contribution in [3.8, 4) is 0 Å². The molecule has 1 aliphatic heterocycles. The van der Waals surface area contributed by atoms with Crippen LogP contribution in [-0.2, 0) is 9.59 Å².